The molecular weight excluding hydrogens is 278 g/mol. The van der Waals surface area contributed by atoms with Gasteiger partial charge < -0.3 is 15.4 Å². The Labute approximate surface area is 121 Å². The normalized spacial score (nSPS) is 10.5. The molecule has 2 rings (SSSR count). The minimum absolute atomic E-state index is 0.276. The summed E-state index contributed by atoms with van der Waals surface area (Å²) in [5.74, 6) is -0.248. The first-order valence-electron chi connectivity index (χ1n) is 6.48. The van der Waals surface area contributed by atoms with Gasteiger partial charge in [-0.05, 0) is 19.1 Å². The lowest BCUT2D eigenvalue weighted by Gasteiger charge is -2.10. The number of nitrogens with one attached hydrogen (secondary N) is 2. The lowest BCUT2D eigenvalue weighted by atomic mass is 10.3. The molecule has 0 aliphatic heterocycles. The van der Waals surface area contributed by atoms with Gasteiger partial charge in [-0.2, -0.15) is 0 Å². The SMILES string of the molecule is CCOCc1nc(NC)cc(Nc2ccc(F)c(F)c2)n1. The minimum atomic E-state index is -0.919. The van der Waals surface area contributed by atoms with Gasteiger partial charge in [0, 0.05) is 31.5 Å². The zero-order valence-electron chi connectivity index (χ0n) is 11.8. The van der Waals surface area contributed by atoms with Crippen LogP contribution in [0.4, 0.5) is 26.1 Å². The van der Waals surface area contributed by atoms with Gasteiger partial charge in [0.1, 0.15) is 18.2 Å². The molecule has 7 heteroatoms. The maximum absolute atomic E-state index is 13.2. The molecule has 1 heterocycles. The Hall–Kier alpha value is -2.28. The van der Waals surface area contributed by atoms with E-state index in [1.165, 1.54) is 6.07 Å². The van der Waals surface area contributed by atoms with Crippen LogP contribution in [-0.4, -0.2) is 23.6 Å². The van der Waals surface area contributed by atoms with Gasteiger partial charge in [-0.25, -0.2) is 18.7 Å². The number of hydrogen-bond acceptors (Lipinski definition) is 5. The molecule has 112 valence electrons. The molecule has 0 amide bonds. The van der Waals surface area contributed by atoms with Crippen molar-refractivity contribution in [2.75, 3.05) is 24.3 Å². The second-order valence-corrected chi connectivity index (χ2v) is 4.20. The van der Waals surface area contributed by atoms with E-state index in [2.05, 4.69) is 20.6 Å². The number of aromatic nitrogens is 2. The zero-order chi connectivity index (χ0) is 15.2. The first-order valence-corrected chi connectivity index (χ1v) is 6.48. The van der Waals surface area contributed by atoms with Gasteiger partial charge in [-0.3, -0.25) is 0 Å². The summed E-state index contributed by atoms with van der Waals surface area (Å²) in [6, 6.07) is 5.22. The summed E-state index contributed by atoms with van der Waals surface area (Å²) in [4.78, 5) is 8.50. The van der Waals surface area contributed by atoms with Gasteiger partial charge in [-0.15, -0.1) is 0 Å². The quantitative estimate of drug-likeness (QED) is 0.857. The topological polar surface area (TPSA) is 59.1 Å². The maximum Gasteiger partial charge on any atom is 0.160 e. The highest BCUT2D eigenvalue weighted by Gasteiger charge is 2.07. The highest BCUT2D eigenvalue weighted by atomic mass is 19.2. The predicted molar refractivity (Wildman–Crippen MR) is 76.5 cm³/mol. The van der Waals surface area contributed by atoms with Crippen LogP contribution in [0.3, 0.4) is 0 Å². The van der Waals surface area contributed by atoms with E-state index in [4.69, 9.17) is 4.74 Å². The van der Waals surface area contributed by atoms with Gasteiger partial charge in [0.05, 0.1) is 0 Å². The number of halogens is 2. The number of rotatable bonds is 6. The molecule has 1 aromatic carbocycles. The van der Waals surface area contributed by atoms with Crippen LogP contribution in [0.15, 0.2) is 24.3 Å². The van der Waals surface area contributed by atoms with E-state index in [1.807, 2.05) is 6.92 Å². The van der Waals surface area contributed by atoms with E-state index in [1.54, 1.807) is 13.1 Å². The average Bonchev–Trinajstić information content (AvgIpc) is 2.48. The smallest absolute Gasteiger partial charge is 0.160 e. The van der Waals surface area contributed by atoms with Crippen molar-refractivity contribution in [3.05, 3.63) is 41.7 Å². The van der Waals surface area contributed by atoms with Crippen molar-refractivity contribution in [1.29, 1.82) is 0 Å². The molecule has 0 unspecified atom stereocenters. The zero-order valence-corrected chi connectivity index (χ0v) is 11.8. The lowest BCUT2D eigenvalue weighted by Crippen LogP contribution is -2.05. The van der Waals surface area contributed by atoms with E-state index in [-0.39, 0.29) is 6.61 Å². The number of hydrogen-bond donors (Lipinski definition) is 2. The molecule has 2 N–H and O–H groups in total. The number of benzene rings is 1. The van der Waals surface area contributed by atoms with Crippen LogP contribution in [0.1, 0.15) is 12.7 Å². The van der Waals surface area contributed by atoms with E-state index < -0.39 is 11.6 Å². The fraction of sp³-hybridized carbons (Fsp3) is 0.286. The Morgan fingerprint density at radius 3 is 2.52 bits per heavy atom. The van der Waals surface area contributed by atoms with E-state index in [0.29, 0.717) is 29.8 Å². The maximum atomic E-state index is 13.2. The van der Waals surface area contributed by atoms with Crippen LogP contribution < -0.4 is 10.6 Å². The molecule has 0 aliphatic carbocycles. The lowest BCUT2D eigenvalue weighted by molar-refractivity contribution is 0.128. The third-order valence-electron chi connectivity index (χ3n) is 2.66. The molecule has 21 heavy (non-hydrogen) atoms. The van der Waals surface area contributed by atoms with Crippen LogP contribution >= 0.6 is 0 Å². The Bertz CT molecular complexity index is 622. The average molecular weight is 294 g/mol. The summed E-state index contributed by atoms with van der Waals surface area (Å²) < 4.78 is 31.4. The number of ether oxygens (including phenoxy) is 1. The Morgan fingerprint density at radius 2 is 1.86 bits per heavy atom. The summed E-state index contributed by atoms with van der Waals surface area (Å²) >= 11 is 0. The summed E-state index contributed by atoms with van der Waals surface area (Å²) in [6.45, 7) is 2.71. The molecule has 0 aliphatic rings. The summed E-state index contributed by atoms with van der Waals surface area (Å²) in [5, 5.41) is 5.82. The molecule has 0 fully saturated rings. The predicted octanol–water partition coefficient (Wildman–Crippen LogP) is 3.08. The highest BCUT2D eigenvalue weighted by molar-refractivity contribution is 5.59. The Balaban J connectivity index is 2.23. The first kappa shape index (κ1) is 15.1. The van der Waals surface area contributed by atoms with Crippen molar-refractivity contribution >= 4 is 17.3 Å². The van der Waals surface area contributed by atoms with E-state index in [0.717, 1.165) is 12.1 Å². The largest absolute Gasteiger partial charge is 0.374 e. The molecule has 1 aromatic heterocycles. The van der Waals surface area contributed by atoms with E-state index in [9.17, 15) is 8.78 Å². The highest BCUT2D eigenvalue weighted by Crippen LogP contribution is 2.19. The molecule has 0 atom stereocenters. The van der Waals surface area contributed by atoms with Crippen molar-refractivity contribution in [3.63, 3.8) is 0 Å². The van der Waals surface area contributed by atoms with Crippen molar-refractivity contribution in [2.45, 2.75) is 13.5 Å². The van der Waals surface area contributed by atoms with Gasteiger partial charge in [0.25, 0.3) is 0 Å². The van der Waals surface area contributed by atoms with Gasteiger partial charge >= 0.3 is 0 Å². The van der Waals surface area contributed by atoms with Gasteiger partial charge in [0.15, 0.2) is 17.5 Å². The molecule has 2 aromatic rings. The standard InChI is InChI=1S/C14H16F2N4O/c1-3-21-8-14-19-12(17-2)7-13(20-14)18-9-4-5-10(15)11(16)6-9/h4-7H,3,8H2,1-2H3,(H2,17,18,19,20). The van der Waals surface area contributed by atoms with Crippen LogP contribution in [0.2, 0.25) is 0 Å². The van der Waals surface area contributed by atoms with Crippen molar-refractivity contribution in [3.8, 4) is 0 Å². The summed E-state index contributed by atoms with van der Waals surface area (Å²) in [5.41, 5.74) is 0.400. The number of anilines is 3. The fourth-order valence-corrected chi connectivity index (χ4v) is 1.67. The third kappa shape index (κ3) is 4.09. The summed E-state index contributed by atoms with van der Waals surface area (Å²) in [7, 11) is 1.73. The van der Waals surface area contributed by atoms with Crippen LogP contribution in [-0.2, 0) is 11.3 Å². The molecular formula is C14H16F2N4O. The third-order valence-corrected chi connectivity index (χ3v) is 2.66. The second-order valence-electron chi connectivity index (χ2n) is 4.20. The van der Waals surface area contributed by atoms with Gasteiger partial charge in [0.2, 0.25) is 0 Å². The van der Waals surface area contributed by atoms with Crippen molar-refractivity contribution < 1.29 is 13.5 Å². The second kappa shape index (κ2) is 6.94. The molecule has 0 bridgehead atoms. The fourth-order valence-electron chi connectivity index (χ4n) is 1.67. The van der Waals surface area contributed by atoms with E-state index >= 15 is 0 Å². The molecule has 0 saturated heterocycles. The van der Waals surface area contributed by atoms with Crippen LogP contribution in [0.25, 0.3) is 0 Å². The Kier molecular flexibility index (Phi) is 4.99. The molecule has 0 radical (unpaired) electrons. The van der Waals surface area contributed by atoms with Gasteiger partial charge in [-0.1, -0.05) is 0 Å². The Morgan fingerprint density at radius 1 is 1.10 bits per heavy atom. The number of nitrogens with zero attached hydrogens (tertiary/aromatic N) is 2. The summed E-state index contributed by atoms with van der Waals surface area (Å²) in [6.07, 6.45) is 0. The van der Waals surface area contributed by atoms with Crippen LogP contribution in [0, 0.1) is 11.6 Å². The van der Waals surface area contributed by atoms with Crippen LogP contribution in [0.5, 0.6) is 0 Å². The first-order chi connectivity index (χ1) is 10.1. The molecule has 0 spiro atoms. The monoisotopic (exact) mass is 294 g/mol. The minimum Gasteiger partial charge on any atom is -0.374 e. The van der Waals surface area contributed by atoms with Crippen molar-refractivity contribution in [2.24, 2.45) is 0 Å². The van der Waals surface area contributed by atoms with Crippen molar-refractivity contribution in [1.82, 2.24) is 9.97 Å². The molecule has 5 nitrogen and oxygen atoms in total. The molecule has 0 saturated carbocycles.